The number of benzene rings is 2. The van der Waals surface area contributed by atoms with Crippen LogP contribution in [0.1, 0.15) is 42.6 Å². The van der Waals surface area contributed by atoms with Crippen molar-refractivity contribution < 1.29 is 5.11 Å². The van der Waals surface area contributed by atoms with Gasteiger partial charge in [-0.25, -0.2) is 9.97 Å². The summed E-state index contributed by atoms with van der Waals surface area (Å²) in [5, 5.41) is 12.4. The monoisotopic (exact) mass is 467 g/mol. The number of imidazole rings is 1. The first-order valence-electron chi connectivity index (χ1n) is 11.8. The molecule has 0 radical (unpaired) electrons. The number of H-pyrrole nitrogens is 1. The SMILES string of the molecule is CCC(c1ccccc1)c1nc2c(CCCN=C(N)N)nc(-c3c[nH]c4ccccc34)cn2c1O. The van der Waals surface area contributed by atoms with Crippen LogP contribution in [-0.4, -0.2) is 37.0 Å². The number of aromatic amines is 1. The van der Waals surface area contributed by atoms with E-state index in [-0.39, 0.29) is 17.8 Å². The molecule has 5 aromatic rings. The molecule has 2 aromatic carbocycles. The van der Waals surface area contributed by atoms with E-state index >= 15 is 0 Å². The molecule has 0 amide bonds. The quantitative estimate of drug-likeness (QED) is 0.153. The molecule has 0 aliphatic rings. The van der Waals surface area contributed by atoms with Crippen LogP contribution in [0.5, 0.6) is 5.88 Å². The lowest BCUT2D eigenvalue weighted by Crippen LogP contribution is -2.23. The van der Waals surface area contributed by atoms with Crippen molar-refractivity contribution in [2.24, 2.45) is 16.5 Å². The average molecular weight is 468 g/mol. The van der Waals surface area contributed by atoms with Crippen molar-refractivity contribution in [1.82, 2.24) is 19.4 Å². The summed E-state index contributed by atoms with van der Waals surface area (Å²) in [4.78, 5) is 17.3. The number of aromatic hydroxyl groups is 1. The molecule has 35 heavy (non-hydrogen) atoms. The van der Waals surface area contributed by atoms with Gasteiger partial charge >= 0.3 is 0 Å². The molecule has 0 fully saturated rings. The summed E-state index contributed by atoms with van der Waals surface area (Å²) in [5.74, 6) is 0.192. The molecule has 178 valence electrons. The first-order chi connectivity index (χ1) is 17.1. The molecule has 5 rings (SSSR count). The Balaban J connectivity index is 1.65. The number of hydrogen-bond acceptors (Lipinski definition) is 4. The number of nitrogens with zero attached hydrogens (tertiary/aromatic N) is 4. The first kappa shape index (κ1) is 22.5. The Bertz CT molecular complexity index is 1500. The summed E-state index contributed by atoms with van der Waals surface area (Å²) >= 11 is 0. The number of hydrogen-bond donors (Lipinski definition) is 4. The fraction of sp³-hybridized carbons (Fsp3) is 0.222. The van der Waals surface area contributed by atoms with Gasteiger partial charge in [0, 0.05) is 41.3 Å². The van der Waals surface area contributed by atoms with Gasteiger partial charge in [0.2, 0.25) is 5.88 Å². The van der Waals surface area contributed by atoms with Crippen LogP contribution >= 0.6 is 0 Å². The van der Waals surface area contributed by atoms with Crippen molar-refractivity contribution in [1.29, 1.82) is 0 Å². The number of rotatable bonds is 8. The summed E-state index contributed by atoms with van der Waals surface area (Å²) in [7, 11) is 0. The molecule has 3 heterocycles. The van der Waals surface area contributed by atoms with Gasteiger partial charge in [0.05, 0.1) is 11.4 Å². The standard InChI is InChI=1S/C27H29N7O/c1-2-18(17-9-4-3-5-10-17)24-26(35)34-16-23(20-15-31-21-12-7-6-11-19(20)21)32-22(25(34)33-24)13-8-14-30-27(28)29/h3-7,9-12,15-16,18,31,35H,2,8,13-14H2,1H3,(H4,28,29,30). The number of aromatic nitrogens is 4. The molecule has 8 heteroatoms. The van der Waals surface area contributed by atoms with Crippen molar-refractivity contribution >= 4 is 22.5 Å². The van der Waals surface area contributed by atoms with E-state index in [1.807, 2.05) is 48.8 Å². The minimum Gasteiger partial charge on any atom is -0.493 e. The highest BCUT2D eigenvalue weighted by atomic mass is 16.3. The third-order valence-electron chi connectivity index (χ3n) is 6.35. The highest BCUT2D eigenvalue weighted by Gasteiger charge is 2.24. The predicted molar refractivity (Wildman–Crippen MR) is 140 cm³/mol. The van der Waals surface area contributed by atoms with Crippen molar-refractivity contribution in [3.8, 4) is 17.1 Å². The second-order valence-corrected chi connectivity index (χ2v) is 8.62. The Morgan fingerprint density at radius 3 is 2.63 bits per heavy atom. The van der Waals surface area contributed by atoms with Gasteiger partial charge in [0.25, 0.3) is 0 Å². The molecule has 0 saturated carbocycles. The molecule has 6 N–H and O–H groups in total. The minimum atomic E-state index is -0.0258. The van der Waals surface area contributed by atoms with Crippen LogP contribution in [0.25, 0.3) is 27.8 Å². The van der Waals surface area contributed by atoms with E-state index in [1.165, 1.54) is 0 Å². The zero-order chi connectivity index (χ0) is 24.4. The van der Waals surface area contributed by atoms with Gasteiger partial charge in [-0.3, -0.25) is 9.39 Å². The van der Waals surface area contributed by atoms with Gasteiger partial charge in [-0.05, 0) is 30.9 Å². The fourth-order valence-electron chi connectivity index (χ4n) is 4.66. The summed E-state index contributed by atoms with van der Waals surface area (Å²) in [6.07, 6.45) is 5.96. The molecular weight excluding hydrogens is 438 g/mol. The number of aryl methyl sites for hydroxylation is 1. The van der Waals surface area contributed by atoms with E-state index in [4.69, 9.17) is 21.4 Å². The molecule has 0 aliphatic carbocycles. The third kappa shape index (κ3) is 4.30. The van der Waals surface area contributed by atoms with Gasteiger partial charge in [-0.2, -0.15) is 0 Å². The van der Waals surface area contributed by atoms with Crippen LogP contribution in [0.15, 0.2) is 72.0 Å². The minimum absolute atomic E-state index is 0.0258. The lowest BCUT2D eigenvalue weighted by molar-refractivity contribution is 0.437. The maximum Gasteiger partial charge on any atom is 0.219 e. The van der Waals surface area contributed by atoms with Crippen molar-refractivity contribution in [3.63, 3.8) is 0 Å². The normalized spacial score (nSPS) is 12.3. The Morgan fingerprint density at radius 2 is 1.86 bits per heavy atom. The molecule has 0 spiro atoms. The summed E-state index contributed by atoms with van der Waals surface area (Å²) in [6, 6.07) is 18.3. The second-order valence-electron chi connectivity index (χ2n) is 8.62. The zero-order valence-electron chi connectivity index (χ0n) is 19.6. The number of nitrogens with one attached hydrogen (secondary N) is 1. The Hall–Kier alpha value is -4.33. The van der Waals surface area contributed by atoms with Gasteiger partial charge < -0.3 is 21.6 Å². The number of guanidine groups is 1. The highest BCUT2D eigenvalue weighted by molar-refractivity contribution is 5.94. The lowest BCUT2D eigenvalue weighted by atomic mass is 9.93. The van der Waals surface area contributed by atoms with Gasteiger partial charge in [-0.15, -0.1) is 0 Å². The van der Waals surface area contributed by atoms with Crippen LogP contribution in [0.3, 0.4) is 0 Å². The Kier molecular flexibility index (Phi) is 6.10. The number of fused-ring (bicyclic) bond motifs is 2. The number of aliphatic imine (C=N–C) groups is 1. The van der Waals surface area contributed by atoms with Crippen LogP contribution < -0.4 is 11.5 Å². The number of nitrogens with two attached hydrogens (primary N) is 2. The average Bonchev–Trinajstić information content (AvgIpc) is 3.45. The molecule has 0 bridgehead atoms. The Morgan fingerprint density at radius 1 is 1.09 bits per heavy atom. The molecule has 1 unspecified atom stereocenters. The Labute approximate surface area is 203 Å². The topological polar surface area (TPSA) is 131 Å². The maximum absolute atomic E-state index is 11.4. The first-order valence-corrected chi connectivity index (χ1v) is 11.8. The van der Waals surface area contributed by atoms with Crippen LogP contribution in [0.4, 0.5) is 0 Å². The van der Waals surface area contributed by atoms with Crippen LogP contribution in [0, 0.1) is 0 Å². The van der Waals surface area contributed by atoms with Crippen molar-refractivity contribution in [2.75, 3.05) is 6.54 Å². The smallest absolute Gasteiger partial charge is 0.219 e. The van der Waals surface area contributed by atoms with E-state index < -0.39 is 0 Å². The number of para-hydroxylation sites is 1. The van der Waals surface area contributed by atoms with E-state index in [0.717, 1.165) is 39.8 Å². The largest absolute Gasteiger partial charge is 0.493 e. The predicted octanol–water partition coefficient (Wildman–Crippen LogP) is 4.33. The van der Waals surface area contributed by atoms with Crippen LogP contribution in [0.2, 0.25) is 0 Å². The molecule has 1 atom stereocenters. The van der Waals surface area contributed by atoms with Crippen molar-refractivity contribution in [2.45, 2.75) is 32.1 Å². The van der Waals surface area contributed by atoms with Gasteiger partial charge in [0.15, 0.2) is 11.6 Å². The maximum atomic E-state index is 11.4. The molecule has 3 aromatic heterocycles. The van der Waals surface area contributed by atoms with E-state index in [2.05, 4.69) is 35.1 Å². The van der Waals surface area contributed by atoms with Crippen molar-refractivity contribution in [3.05, 3.63) is 83.9 Å². The van der Waals surface area contributed by atoms with E-state index in [1.54, 1.807) is 4.40 Å². The molecule has 8 nitrogen and oxygen atoms in total. The second kappa shape index (κ2) is 9.50. The molecular formula is C27H29N7O. The van der Waals surface area contributed by atoms with Crippen LogP contribution in [-0.2, 0) is 6.42 Å². The highest BCUT2D eigenvalue weighted by Crippen LogP contribution is 2.36. The summed E-state index contributed by atoms with van der Waals surface area (Å²) in [6.45, 7) is 2.60. The van der Waals surface area contributed by atoms with E-state index in [0.29, 0.717) is 30.7 Å². The van der Waals surface area contributed by atoms with Gasteiger partial charge in [-0.1, -0.05) is 55.5 Å². The zero-order valence-corrected chi connectivity index (χ0v) is 19.6. The van der Waals surface area contributed by atoms with E-state index in [9.17, 15) is 5.11 Å². The third-order valence-corrected chi connectivity index (χ3v) is 6.35. The summed E-state index contributed by atoms with van der Waals surface area (Å²) < 4.78 is 1.76. The fourth-order valence-corrected chi connectivity index (χ4v) is 4.66. The molecule has 0 aliphatic heterocycles. The van der Waals surface area contributed by atoms with Gasteiger partial charge in [0.1, 0.15) is 5.69 Å². The lowest BCUT2D eigenvalue weighted by Gasteiger charge is -2.13. The molecule has 0 saturated heterocycles. The summed E-state index contributed by atoms with van der Waals surface area (Å²) in [5.41, 5.74) is 17.0.